The van der Waals surface area contributed by atoms with Crippen LogP contribution in [0.5, 0.6) is 0 Å². The third-order valence-electron chi connectivity index (χ3n) is 3.38. The van der Waals surface area contributed by atoms with E-state index in [4.69, 9.17) is 0 Å². The van der Waals surface area contributed by atoms with Crippen molar-refractivity contribution >= 4 is 0 Å². The Morgan fingerprint density at radius 3 is 2.39 bits per heavy atom. The van der Waals surface area contributed by atoms with Gasteiger partial charge in [0.05, 0.1) is 5.69 Å². The van der Waals surface area contributed by atoms with Crippen molar-refractivity contribution in [1.82, 2.24) is 15.1 Å². The Bertz CT molecular complexity index is 364. The maximum atomic E-state index is 4.67. The molecule has 0 spiro atoms. The number of aromatic nitrogens is 2. The van der Waals surface area contributed by atoms with Crippen molar-refractivity contribution in [2.24, 2.45) is 5.92 Å². The number of hydrogen-bond acceptors (Lipinski definition) is 2. The van der Waals surface area contributed by atoms with Gasteiger partial charge in [-0.25, -0.2) is 0 Å². The lowest BCUT2D eigenvalue weighted by atomic mass is 10.1. The Kier molecular flexibility index (Phi) is 5.86. The monoisotopic (exact) mass is 251 g/mol. The molecular formula is C15H29N3. The van der Waals surface area contributed by atoms with E-state index in [1.165, 1.54) is 23.4 Å². The Hall–Kier alpha value is -0.830. The van der Waals surface area contributed by atoms with Gasteiger partial charge in [0.25, 0.3) is 0 Å². The molecule has 3 nitrogen and oxygen atoms in total. The minimum atomic E-state index is 0.557. The van der Waals surface area contributed by atoms with Gasteiger partial charge in [-0.15, -0.1) is 0 Å². The zero-order valence-corrected chi connectivity index (χ0v) is 12.9. The molecule has 1 rings (SSSR count). The van der Waals surface area contributed by atoms with E-state index in [1.807, 2.05) is 0 Å². The van der Waals surface area contributed by atoms with Gasteiger partial charge in [0, 0.05) is 18.3 Å². The van der Waals surface area contributed by atoms with E-state index in [0.717, 1.165) is 25.4 Å². The van der Waals surface area contributed by atoms with E-state index in [9.17, 15) is 0 Å². The Balaban J connectivity index is 2.62. The van der Waals surface area contributed by atoms with Crippen molar-refractivity contribution in [3.63, 3.8) is 0 Å². The molecular weight excluding hydrogens is 222 g/mol. The average molecular weight is 251 g/mol. The van der Waals surface area contributed by atoms with E-state index in [2.05, 4.69) is 56.6 Å². The van der Waals surface area contributed by atoms with Crippen molar-refractivity contribution in [3.05, 3.63) is 17.0 Å². The number of hydrogen-bond donors (Lipinski definition) is 1. The van der Waals surface area contributed by atoms with Gasteiger partial charge in [-0.2, -0.15) is 5.10 Å². The summed E-state index contributed by atoms with van der Waals surface area (Å²) >= 11 is 0. The summed E-state index contributed by atoms with van der Waals surface area (Å²) in [5, 5.41) is 8.14. The molecule has 0 aliphatic heterocycles. The SMILES string of the molecule is Cc1nn(CCC(C)C)c(C)c1CCNC(C)C. The van der Waals surface area contributed by atoms with Crippen LogP contribution in [0.2, 0.25) is 0 Å². The predicted molar refractivity (Wildman–Crippen MR) is 78.0 cm³/mol. The standard InChI is InChI=1S/C15H29N3/c1-11(2)8-10-18-14(6)15(13(5)17-18)7-9-16-12(3)4/h11-12,16H,7-10H2,1-6H3. The van der Waals surface area contributed by atoms with Crippen molar-refractivity contribution in [2.75, 3.05) is 6.54 Å². The summed E-state index contributed by atoms with van der Waals surface area (Å²) in [4.78, 5) is 0. The number of nitrogens with one attached hydrogen (secondary N) is 1. The predicted octanol–water partition coefficient (Wildman–Crippen LogP) is 3.09. The first-order chi connectivity index (χ1) is 8.41. The van der Waals surface area contributed by atoms with Crippen LogP contribution in [0, 0.1) is 19.8 Å². The minimum Gasteiger partial charge on any atom is -0.314 e. The fourth-order valence-corrected chi connectivity index (χ4v) is 2.18. The van der Waals surface area contributed by atoms with Crippen LogP contribution in [0.25, 0.3) is 0 Å². The van der Waals surface area contributed by atoms with Crippen LogP contribution in [0.4, 0.5) is 0 Å². The van der Waals surface area contributed by atoms with Gasteiger partial charge in [0.1, 0.15) is 0 Å². The van der Waals surface area contributed by atoms with Crippen LogP contribution < -0.4 is 5.32 Å². The number of rotatable bonds is 7. The summed E-state index contributed by atoms with van der Waals surface area (Å²) in [7, 11) is 0. The van der Waals surface area contributed by atoms with Crippen molar-refractivity contribution in [2.45, 2.75) is 67.0 Å². The zero-order chi connectivity index (χ0) is 13.7. The molecule has 0 saturated carbocycles. The van der Waals surface area contributed by atoms with Crippen LogP contribution >= 0.6 is 0 Å². The van der Waals surface area contributed by atoms with Gasteiger partial charge in [-0.3, -0.25) is 4.68 Å². The van der Waals surface area contributed by atoms with Gasteiger partial charge in [0.15, 0.2) is 0 Å². The molecule has 0 aromatic carbocycles. The second-order valence-corrected chi connectivity index (χ2v) is 5.91. The number of aryl methyl sites for hydroxylation is 2. The van der Waals surface area contributed by atoms with Gasteiger partial charge in [0.2, 0.25) is 0 Å². The Morgan fingerprint density at radius 1 is 1.17 bits per heavy atom. The zero-order valence-electron chi connectivity index (χ0n) is 12.9. The summed E-state index contributed by atoms with van der Waals surface area (Å²) < 4.78 is 2.18. The van der Waals surface area contributed by atoms with Crippen LogP contribution in [0.15, 0.2) is 0 Å². The maximum absolute atomic E-state index is 4.67. The van der Waals surface area contributed by atoms with Gasteiger partial charge < -0.3 is 5.32 Å². The van der Waals surface area contributed by atoms with Gasteiger partial charge in [-0.1, -0.05) is 27.7 Å². The van der Waals surface area contributed by atoms with E-state index >= 15 is 0 Å². The minimum absolute atomic E-state index is 0.557. The lowest BCUT2D eigenvalue weighted by Gasteiger charge is -2.09. The smallest absolute Gasteiger partial charge is 0.0628 e. The van der Waals surface area contributed by atoms with Gasteiger partial charge >= 0.3 is 0 Å². The normalized spacial score (nSPS) is 11.8. The third kappa shape index (κ3) is 4.45. The molecule has 0 aliphatic carbocycles. The fraction of sp³-hybridized carbons (Fsp3) is 0.800. The lowest BCUT2D eigenvalue weighted by Crippen LogP contribution is -2.25. The first-order valence-electron chi connectivity index (χ1n) is 7.18. The highest BCUT2D eigenvalue weighted by atomic mass is 15.3. The topological polar surface area (TPSA) is 29.9 Å². The molecule has 104 valence electrons. The molecule has 1 N–H and O–H groups in total. The molecule has 0 saturated heterocycles. The number of nitrogens with zero attached hydrogens (tertiary/aromatic N) is 2. The van der Waals surface area contributed by atoms with Crippen LogP contribution in [-0.4, -0.2) is 22.4 Å². The summed E-state index contributed by atoms with van der Waals surface area (Å²) in [5.41, 5.74) is 3.97. The first kappa shape index (κ1) is 15.2. The molecule has 0 unspecified atom stereocenters. The molecule has 0 fully saturated rings. The van der Waals surface area contributed by atoms with Crippen LogP contribution in [-0.2, 0) is 13.0 Å². The Morgan fingerprint density at radius 2 is 1.83 bits per heavy atom. The molecule has 18 heavy (non-hydrogen) atoms. The molecule has 1 aromatic heterocycles. The van der Waals surface area contributed by atoms with E-state index in [0.29, 0.717) is 6.04 Å². The quantitative estimate of drug-likeness (QED) is 0.807. The molecule has 0 bridgehead atoms. The first-order valence-corrected chi connectivity index (χ1v) is 7.18. The lowest BCUT2D eigenvalue weighted by molar-refractivity contribution is 0.478. The summed E-state index contributed by atoms with van der Waals surface area (Å²) in [6.07, 6.45) is 2.28. The second-order valence-electron chi connectivity index (χ2n) is 5.91. The van der Waals surface area contributed by atoms with Crippen LogP contribution in [0.3, 0.4) is 0 Å². The van der Waals surface area contributed by atoms with Crippen molar-refractivity contribution < 1.29 is 0 Å². The summed E-state index contributed by atoms with van der Waals surface area (Å²) in [6, 6.07) is 0.557. The molecule has 0 radical (unpaired) electrons. The van der Waals surface area contributed by atoms with Crippen LogP contribution in [0.1, 0.15) is 51.1 Å². The fourth-order valence-electron chi connectivity index (χ4n) is 2.18. The molecule has 0 amide bonds. The largest absolute Gasteiger partial charge is 0.314 e. The third-order valence-corrected chi connectivity index (χ3v) is 3.38. The van der Waals surface area contributed by atoms with Crippen molar-refractivity contribution in [3.8, 4) is 0 Å². The molecule has 0 aliphatic rings. The van der Waals surface area contributed by atoms with E-state index < -0.39 is 0 Å². The van der Waals surface area contributed by atoms with E-state index in [1.54, 1.807) is 0 Å². The Labute approximate surface area is 112 Å². The second kappa shape index (κ2) is 6.93. The average Bonchev–Trinajstić information content (AvgIpc) is 2.53. The summed E-state index contributed by atoms with van der Waals surface area (Å²) in [6.45, 7) is 15.3. The molecule has 3 heteroatoms. The van der Waals surface area contributed by atoms with Crippen molar-refractivity contribution in [1.29, 1.82) is 0 Å². The maximum Gasteiger partial charge on any atom is 0.0628 e. The highest BCUT2D eigenvalue weighted by molar-refractivity contribution is 5.24. The molecule has 0 atom stereocenters. The van der Waals surface area contributed by atoms with Gasteiger partial charge in [-0.05, 0) is 44.7 Å². The molecule has 1 aromatic rings. The molecule has 1 heterocycles. The highest BCUT2D eigenvalue weighted by Crippen LogP contribution is 2.15. The highest BCUT2D eigenvalue weighted by Gasteiger charge is 2.11. The van der Waals surface area contributed by atoms with E-state index in [-0.39, 0.29) is 0 Å². The summed E-state index contributed by atoms with van der Waals surface area (Å²) in [5.74, 6) is 0.736.